The largest absolute Gasteiger partial charge is 0.480 e. The molecule has 0 bridgehead atoms. The average Bonchev–Trinajstić information content (AvgIpc) is 3.16. The molecule has 1 aliphatic carbocycles. The van der Waals surface area contributed by atoms with E-state index in [9.17, 15) is 14.7 Å². The van der Waals surface area contributed by atoms with Crippen molar-refractivity contribution in [1.29, 1.82) is 0 Å². The van der Waals surface area contributed by atoms with Gasteiger partial charge in [-0.15, -0.1) is 0 Å². The molecule has 170 valence electrons. The van der Waals surface area contributed by atoms with Gasteiger partial charge in [0.05, 0.1) is 0 Å². The monoisotopic (exact) mass is 466 g/mol. The maximum atomic E-state index is 12.3. The molecular formula is C25H25NO6P+. The van der Waals surface area contributed by atoms with E-state index in [2.05, 4.69) is 5.32 Å². The molecule has 0 heterocycles. The van der Waals surface area contributed by atoms with Gasteiger partial charge in [0.1, 0.15) is 19.8 Å². The Hall–Kier alpha value is -3.25. The van der Waals surface area contributed by atoms with E-state index in [4.69, 9.17) is 13.8 Å². The summed E-state index contributed by atoms with van der Waals surface area (Å²) in [6.45, 7) is 0.288. The summed E-state index contributed by atoms with van der Waals surface area (Å²) < 4.78 is 16.2. The van der Waals surface area contributed by atoms with E-state index in [1.807, 2.05) is 78.9 Å². The SMILES string of the molecule is O=C(N[C@@H](CO[PH2+]OCc1ccccc1)C(=O)O)OCC1c2ccccc2-c2ccccc21. The number of carbonyl (C=O) groups excluding carboxylic acids is 1. The predicted molar refractivity (Wildman–Crippen MR) is 127 cm³/mol. The molecule has 0 aromatic heterocycles. The number of fused-ring (bicyclic) bond motifs is 3. The molecule has 2 N–H and O–H groups in total. The van der Waals surface area contributed by atoms with Crippen molar-refractivity contribution >= 4 is 21.1 Å². The van der Waals surface area contributed by atoms with Gasteiger partial charge in [-0.25, -0.2) is 18.6 Å². The van der Waals surface area contributed by atoms with Crippen molar-refractivity contribution < 1.29 is 28.5 Å². The Bertz CT molecular complexity index is 1060. The van der Waals surface area contributed by atoms with Crippen LogP contribution in [0, 0.1) is 0 Å². The predicted octanol–water partition coefficient (Wildman–Crippen LogP) is 4.45. The van der Waals surface area contributed by atoms with Gasteiger partial charge in [0.25, 0.3) is 9.03 Å². The summed E-state index contributed by atoms with van der Waals surface area (Å²) in [4.78, 5) is 23.9. The highest BCUT2D eigenvalue weighted by molar-refractivity contribution is 7.26. The first-order valence-corrected chi connectivity index (χ1v) is 11.5. The van der Waals surface area contributed by atoms with Gasteiger partial charge < -0.3 is 15.2 Å². The second kappa shape index (κ2) is 11.1. The lowest BCUT2D eigenvalue weighted by atomic mass is 9.98. The number of benzene rings is 3. The third-order valence-corrected chi connectivity index (χ3v) is 6.06. The first-order chi connectivity index (χ1) is 16.1. The Kier molecular flexibility index (Phi) is 7.68. The van der Waals surface area contributed by atoms with E-state index in [0.717, 1.165) is 27.8 Å². The Morgan fingerprint density at radius 3 is 2.12 bits per heavy atom. The number of carbonyl (C=O) groups is 2. The molecule has 4 rings (SSSR count). The zero-order chi connectivity index (χ0) is 23.0. The Morgan fingerprint density at radius 2 is 1.48 bits per heavy atom. The molecule has 1 amide bonds. The molecule has 0 radical (unpaired) electrons. The van der Waals surface area contributed by atoms with Crippen LogP contribution in [0.2, 0.25) is 0 Å². The molecule has 3 aromatic rings. The van der Waals surface area contributed by atoms with Gasteiger partial charge in [0.15, 0.2) is 6.04 Å². The zero-order valence-electron chi connectivity index (χ0n) is 17.8. The molecule has 1 aliphatic rings. The van der Waals surface area contributed by atoms with Gasteiger partial charge in [-0.3, -0.25) is 0 Å². The third kappa shape index (κ3) is 5.76. The van der Waals surface area contributed by atoms with Crippen LogP contribution in [0.5, 0.6) is 0 Å². The van der Waals surface area contributed by atoms with Crippen LogP contribution in [0.25, 0.3) is 11.1 Å². The first-order valence-electron chi connectivity index (χ1n) is 10.6. The summed E-state index contributed by atoms with van der Waals surface area (Å²) in [7, 11) is -0.868. The second-order valence-corrected chi connectivity index (χ2v) is 8.45. The molecule has 0 saturated heterocycles. The molecule has 0 aliphatic heterocycles. The van der Waals surface area contributed by atoms with Crippen LogP contribution in [0.4, 0.5) is 4.79 Å². The summed E-state index contributed by atoms with van der Waals surface area (Å²) in [5, 5.41) is 11.8. The van der Waals surface area contributed by atoms with E-state index in [0.29, 0.717) is 6.61 Å². The van der Waals surface area contributed by atoms with Crippen LogP contribution >= 0.6 is 9.03 Å². The highest BCUT2D eigenvalue weighted by Gasteiger charge is 2.30. The fraction of sp³-hybridized carbons (Fsp3) is 0.200. The molecule has 33 heavy (non-hydrogen) atoms. The highest BCUT2D eigenvalue weighted by atomic mass is 31.1. The quantitative estimate of drug-likeness (QED) is 0.339. The number of hydrogen-bond donors (Lipinski definition) is 2. The van der Waals surface area contributed by atoms with Crippen molar-refractivity contribution in [2.24, 2.45) is 0 Å². The van der Waals surface area contributed by atoms with Crippen molar-refractivity contribution in [2.45, 2.75) is 18.6 Å². The van der Waals surface area contributed by atoms with Crippen molar-refractivity contribution in [3.8, 4) is 11.1 Å². The minimum atomic E-state index is -1.23. The number of carboxylic acids is 1. The van der Waals surface area contributed by atoms with Gasteiger partial charge >= 0.3 is 12.1 Å². The summed E-state index contributed by atoms with van der Waals surface area (Å²) in [5.41, 5.74) is 5.42. The van der Waals surface area contributed by atoms with Crippen LogP contribution in [0.1, 0.15) is 22.6 Å². The van der Waals surface area contributed by atoms with Crippen molar-refractivity contribution in [2.75, 3.05) is 13.2 Å². The average molecular weight is 466 g/mol. The summed E-state index contributed by atoms with van der Waals surface area (Å²) in [6.07, 6.45) is -0.798. The molecule has 2 atom stereocenters. The van der Waals surface area contributed by atoms with Crippen LogP contribution in [-0.4, -0.2) is 36.4 Å². The zero-order valence-corrected chi connectivity index (χ0v) is 19.0. The summed E-state index contributed by atoms with van der Waals surface area (Å²) >= 11 is 0. The van der Waals surface area contributed by atoms with E-state index < -0.39 is 27.1 Å². The molecule has 0 spiro atoms. The van der Waals surface area contributed by atoms with Gasteiger partial charge in [0, 0.05) is 5.92 Å². The van der Waals surface area contributed by atoms with E-state index in [1.165, 1.54) is 0 Å². The van der Waals surface area contributed by atoms with Gasteiger partial charge in [0.2, 0.25) is 0 Å². The van der Waals surface area contributed by atoms with E-state index in [-0.39, 0.29) is 19.1 Å². The van der Waals surface area contributed by atoms with Gasteiger partial charge in [-0.2, -0.15) is 0 Å². The Labute approximate surface area is 193 Å². The third-order valence-electron chi connectivity index (χ3n) is 5.43. The minimum Gasteiger partial charge on any atom is -0.480 e. The molecular weight excluding hydrogens is 441 g/mol. The highest BCUT2D eigenvalue weighted by Crippen LogP contribution is 2.44. The first kappa shape index (κ1) is 22.9. The van der Waals surface area contributed by atoms with Crippen LogP contribution in [0.3, 0.4) is 0 Å². The molecule has 3 aromatic carbocycles. The summed E-state index contributed by atoms with van der Waals surface area (Å²) in [5.74, 6) is -1.30. The van der Waals surface area contributed by atoms with Gasteiger partial charge in [-0.1, -0.05) is 78.9 Å². The molecule has 1 unspecified atom stereocenters. The van der Waals surface area contributed by atoms with Gasteiger partial charge in [-0.05, 0) is 27.8 Å². The number of carboxylic acid groups (broad SMARTS) is 1. The number of rotatable bonds is 10. The fourth-order valence-electron chi connectivity index (χ4n) is 3.85. The Balaban J connectivity index is 1.26. The topological polar surface area (TPSA) is 94.1 Å². The lowest BCUT2D eigenvalue weighted by Gasteiger charge is -2.16. The van der Waals surface area contributed by atoms with Crippen molar-refractivity contribution in [3.63, 3.8) is 0 Å². The van der Waals surface area contributed by atoms with Crippen LogP contribution in [-0.2, 0) is 25.2 Å². The number of hydrogen-bond acceptors (Lipinski definition) is 5. The number of nitrogens with one attached hydrogen (secondary N) is 1. The molecule has 0 saturated carbocycles. The lowest BCUT2D eigenvalue weighted by molar-refractivity contribution is -0.140. The minimum absolute atomic E-state index is 0.0986. The lowest BCUT2D eigenvalue weighted by Crippen LogP contribution is -2.44. The van der Waals surface area contributed by atoms with Crippen LogP contribution in [0.15, 0.2) is 78.9 Å². The van der Waals surface area contributed by atoms with Crippen LogP contribution < -0.4 is 5.32 Å². The standard InChI is InChI=1S/C25H24NO6P/c27-24(28)23(16-32-33-31-14-17-8-2-1-3-9-17)26-25(29)30-15-22-20-12-6-4-10-18(20)19-11-5-7-13-21(19)22/h1-13,22-23H,14-16,33H2,(H-,26,27,28,29)/p+1/t23-/m0/s1. The summed E-state index contributed by atoms with van der Waals surface area (Å²) in [6, 6.07) is 24.4. The normalized spacial score (nSPS) is 13.5. The molecule has 0 fully saturated rings. The number of alkyl carbamates (subject to hydrolysis) is 1. The Morgan fingerprint density at radius 1 is 0.879 bits per heavy atom. The maximum absolute atomic E-state index is 12.3. The number of ether oxygens (including phenoxy) is 1. The van der Waals surface area contributed by atoms with E-state index in [1.54, 1.807) is 0 Å². The number of amides is 1. The van der Waals surface area contributed by atoms with E-state index >= 15 is 0 Å². The van der Waals surface area contributed by atoms with Crippen molar-refractivity contribution in [3.05, 3.63) is 95.6 Å². The molecule has 7 nitrogen and oxygen atoms in total. The molecule has 8 heteroatoms. The second-order valence-electron chi connectivity index (χ2n) is 7.59. The van der Waals surface area contributed by atoms with Crippen molar-refractivity contribution in [1.82, 2.24) is 5.32 Å². The number of aliphatic carboxylic acids is 1. The maximum Gasteiger partial charge on any atom is 0.407 e. The fourth-order valence-corrected chi connectivity index (χ4v) is 4.47. The smallest absolute Gasteiger partial charge is 0.407 e.